The summed E-state index contributed by atoms with van der Waals surface area (Å²) >= 11 is 0. The van der Waals surface area contributed by atoms with Crippen molar-refractivity contribution in [2.24, 2.45) is 0 Å². The fraction of sp³-hybridized carbons (Fsp3) is 0.286. The number of carbonyl (C=O) groups is 3. The molecule has 0 aliphatic heterocycles. The molecule has 2 N–H and O–H groups in total. The van der Waals surface area contributed by atoms with Gasteiger partial charge in [0.15, 0.2) is 23.2 Å². The summed E-state index contributed by atoms with van der Waals surface area (Å²) in [6, 6.07) is 8.07. The van der Waals surface area contributed by atoms with Crippen LogP contribution in [0.3, 0.4) is 0 Å². The molecule has 30 heavy (non-hydrogen) atoms. The van der Waals surface area contributed by atoms with Crippen molar-refractivity contribution in [3.05, 3.63) is 59.4 Å². The molecule has 0 heterocycles. The van der Waals surface area contributed by atoms with Crippen LogP contribution in [0.4, 0.5) is 24.5 Å². The second-order valence-corrected chi connectivity index (χ2v) is 6.67. The summed E-state index contributed by atoms with van der Waals surface area (Å²) in [5.41, 5.74) is 0.407. The first-order chi connectivity index (χ1) is 14.2. The number of anilines is 2. The molecule has 0 aliphatic rings. The SMILES string of the molecule is CCCN(CC(=O)Nc1cccc(C(C)=O)c1)CC(=O)Nc1ccc(F)c(F)c1F. The zero-order valence-electron chi connectivity index (χ0n) is 16.6. The van der Waals surface area contributed by atoms with Crippen LogP contribution < -0.4 is 10.6 Å². The minimum atomic E-state index is -1.68. The molecule has 2 rings (SSSR count). The molecule has 160 valence electrons. The summed E-state index contributed by atoms with van der Waals surface area (Å²) < 4.78 is 40.0. The van der Waals surface area contributed by atoms with Gasteiger partial charge in [-0.25, -0.2) is 13.2 Å². The molecule has 2 aromatic carbocycles. The van der Waals surface area contributed by atoms with E-state index in [9.17, 15) is 27.6 Å². The van der Waals surface area contributed by atoms with Crippen LogP contribution in [-0.4, -0.2) is 42.1 Å². The van der Waals surface area contributed by atoms with E-state index in [1.54, 1.807) is 24.3 Å². The number of ketones is 1. The van der Waals surface area contributed by atoms with E-state index in [1.165, 1.54) is 11.8 Å². The highest BCUT2D eigenvalue weighted by molar-refractivity contribution is 5.98. The summed E-state index contributed by atoms with van der Waals surface area (Å²) in [7, 11) is 0. The van der Waals surface area contributed by atoms with Gasteiger partial charge in [-0.3, -0.25) is 19.3 Å². The predicted octanol–water partition coefficient (Wildman–Crippen LogP) is 3.60. The van der Waals surface area contributed by atoms with Gasteiger partial charge in [0.2, 0.25) is 11.8 Å². The number of nitrogens with one attached hydrogen (secondary N) is 2. The molecule has 0 unspecified atom stereocenters. The Hall–Kier alpha value is -3.20. The fourth-order valence-electron chi connectivity index (χ4n) is 2.77. The number of nitrogens with zero attached hydrogens (tertiary/aromatic N) is 1. The molecule has 6 nitrogen and oxygen atoms in total. The second-order valence-electron chi connectivity index (χ2n) is 6.67. The van der Waals surface area contributed by atoms with Gasteiger partial charge in [-0.2, -0.15) is 0 Å². The summed E-state index contributed by atoms with van der Waals surface area (Å²) in [5.74, 6) is -5.75. The van der Waals surface area contributed by atoms with E-state index in [0.29, 0.717) is 30.3 Å². The number of hydrogen-bond donors (Lipinski definition) is 2. The highest BCUT2D eigenvalue weighted by atomic mass is 19.2. The van der Waals surface area contributed by atoms with Crippen molar-refractivity contribution >= 4 is 29.0 Å². The molecule has 0 aliphatic carbocycles. The molecule has 0 atom stereocenters. The topological polar surface area (TPSA) is 78.5 Å². The summed E-state index contributed by atoms with van der Waals surface area (Å²) in [4.78, 5) is 37.5. The Kier molecular flexibility index (Phi) is 8.11. The average Bonchev–Trinajstić information content (AvgIpc) is 2.68. The van der Waals surface area contributed by atoms with E-state index in [4.69, 9.17) is 0 Å². The van der Waals surface area contributed by atoms with Gasteiger partial charge in [-0.1, -0.05) is 19.1 Å². The normalized spacial score (nSPS) is 10.7. The molecule has 0 aromatic heterocycles. The third-order valence-electron chi connectivity index (χ3n) is 4.14. The van der Waals surface area contributed by atoms with Crippen molar-refractivity contribution in [2.45, 2.75) is 20.3 Å². The Bertz CT molecular complexity index is 950. The molecule has 0 bridgehead atoms. The predicted molar refractivity (Wildman–Crippen MR) is 107 cm³/mol. The summed E-state index contributed by atoms with van der Waals surface area (Å²) in [6.07, 6.45) is 0.639. The van der Waals surface area contributed by atoms with Crippen LogP contribution >= 0.6 is 0 Å². The van der Waals surface area contributed by atoms with Crippen LogP contribution in [-0.2, 0) is 9.59 Å². The first-order valence-electron chi connectivity index (χ1n) is 9.27. The average molecular weight is 421 g/mol. The summed E-state index contributed by atoms with van der Waals surface area (Å²) in [5, 5.41) is 4.83. The van der Waals surface area contributed by atoms with E-state index >= 15 is 0 Å². The quantitative estimate of drug-likeness (QED) is 0.479. The first kappa shape index (κ1) is 23.1. The molecule has 0 spiro atoms. The Labute approximate surface area is 172 Å². The van der Waals surface area contributed by atoms with Crippen molar-refractivity contribution in [1.82, 2.24) is 4.90 Å². The zero-order chi connectivity index (χ0) is 22.3. The lowest BCUT2D eigenvalue weighted by Gasteiger charge is -2.20. The lowest BCUT2D eigenvalue weighted by molar-refractivity contribution is -0.120. The second kappa shape index (κ2) is 10.5. The van der Waals surface area contributed by atoms with Gasteiger partial charge in [0.05, 0.1) is 18.8 Å². The number of halogens is 3. The van der Waals surface area contributed by atoms with Crippen LogP contribution in [0.5, 0.6) is 0 Å². The van der Waals surface area contributed by atoms with Gasteiger partial charge in [0.1, 0.15) is 0 Å². The van der Waals surface area contributed by atoms with Gasteiger partial charge in [-0.05, 0) is 44.2 Å². The molecule has 0 saturated carbocycles. The fourth-order valence-corrected chi connectivity index (χ4v) is 2.77. The van der Waals surface area contributed by atoms with Gasteiger partial charge in [-0.15, -0.1) is 0 Å². The van der Waals surface area contributed by atoms with Gasteiger partial charge in [0, 0.05) is 11.3 Å². The zero-order valence-corrected chi connectivity index (χ0v) is 16.6. The lowest BCUT2D eigenvalue weighted by atomic mass is 10.1. The van der Waals surface area contributed by atoms with E-state index < -0.39 is 35.0 Å². The van der Waals surface area contributed by atoms with Crippen molar-refractivity contribution in [1.29, 1.82) is 0 Å². The minimum absolute atomic E-state index is 0.133. The van der Waals surface area contributed by atoms with Gasteiger partial charge >= 0.3 is 0 Å². The Balaban J connectivity index is 1.99. The Morgan fingerprint density at radius 2 is 1.60 bits per heavy atom. The van der Waals surface area contributed by atoms with Crippen LogP contribution in [0.15, 0.2) is 36.4 Å². The number of carbonyl (C=O) groups excluding carboxylic acids is 3. The minimum Gasteiger partial charge on any atom is -0.325 e. The monoisotopic (exact) mass is 421 g/mol. The first-order valence-corrected chi connectivity index (χ1v) is 9.27. The smallest absolute Gasteiger partial charge is 0.238 e. The third-order valence-corrected chi connectivity index (χ3v) is 4.14. The Morgan fingerprint density at radius 1 is 0.933 bits per heavy atom. The van der Waals surface area contributed by atoms with Crippen molar-refractivity contribution in [3.63, 3.8) is 0 Å². The summed E-state index contributed by atoms with van der Waals surface area (Å²) in [6.45, 7) is 3.28. The van der Waals surface area contributed by atoms with E-state index in [-0.39, 0.29) is 18.9 Å². The van der Waals surface area contributed by atoms with E-state index in [0.717, 1.165) is 6.07 Å². The number of Topliss-reactive ketones (excluding diaryl/α,β-unsaturated/α-hetero) is 1. The highest BCUT2D eigenvalue weighted by Gasteiger charge is 2.18. The number of hydrogen-bond acceptors (Lipinski definition) is 4. The van der Waals surface area contributed by atoms with E-state index in [2.05, 4.69) is 10.6 Å². The van der Waals surface area contributed by atoms with Crippen LogP contribution in [0, 0.1) is 17.5 Å². The number of benzene rings is 2. The van der Waals surface area contributed by atoms with Crippen molar-refractivity contribution < 1.29 is 27.6 Å². The molecule has 0 saturated heterocycles. The van der Waals surface area contributed by atoms with E-state index in [1.807, 2.05) is 6.92 Å². The maximum absolute atomic E-state index is 13.7. The highest BCUT2D eigenvalue weighted by Crippen LogP contribution is 2.19. The molecule has 9 heteroatoms. The number of amides is 2. The molecule has 2 aromatic rings. The lowest BCUT2D eigenvalue weighted by Crippen LogP contribution is -2.39. The van der Waals surface area contributed by atoms with Crippen LogP contribution in [0.25, 0.3) is 0 Å². The van der Waals surface area contributed by atoms with Gasteiger partial charge < -0.3 is 10.6 Å². The maximum atomic E-state index is 13.7. The number of rotatable bonds is 9. The largest absolute Gasteiger partial charge is 0.325 e. The third kappa shape index (κ3) is 6.41. The molecular weight excluding hydrogens is 399 g/mol. The maximum Gasteiger partial charge on any atom is 0.238 e. The molecular formula is C21H22F3N3O3. The van der Waals surface area contributed by atoms with Crippen LogP contribution in [0.2, 0.25) is 0 Å². The molecule has 0 fully saturated rings. The molecule has 2 amide bonds. The standard InChI is InChI=1S/C21H22F3N3O3/c1-3-9-27(11-18(29)25-15-6-4-5-14(10-15)13(2)28)12-19(30)26-17-8-7-16(22)20(23)21(17)24/h4-8,10H,3,9,11-12H2,1-2H3,(H,25,29)(H,26,30). The Morgan fingerprint density at radius 3 is 2.23 bits per heavy atom. The van der Waals surface area contributed by atoms with Crippen molar-refractivity contribution in [2.75, 3.05) is 30.3 Å². The molecule has 0 radical (unpaired) electrons. The van der Waals surface area contributed by atoms with Gasteiger partial charge in [0.25, 0.3) is 0 Å². The van der Waals surface area contributed by atoms with Crippen LogP contribution in [0.1, 0.15) is 30.6 Å². The van der Waals surface area contributed by atoms with Crippen molar-refractivity contribution in [3.8, 4) is 0 Å².